The average molecular weight is 514 g/mol. The molecule has 0 atom stereocenters. The molecule has 10 heteroatoms. The van der Waals surface area contributed by atoms with E-state index in [9.17, 15) is 15.2 Å². The van der Waals surface area contributed by atoms with Gasteiger partial charge in [0.1, 0.15) is 11.3 Å². The van der Waals surface area contributed by atoms with E-state index in [-0.39, 0.29) is 5.69 Å². The van der Waals surface area contributed by atoms with Gasteiger partial charge in [-0.1, -0.05) is 18.2 Å². The summed E-state index contributed by atoms with van der Waals surface area (Å²) in [7, 11) is 5.50. The third kappa shape index (κ3) is 4.53. The fourth-order valence-corrected chi connectivity index (χ4v) is 5.00. The van der Waals surface area contributed by atoms with E-state index in [0.29, 0.717) is 28.6 Å². The Bertz CT molecular complexity index is 1530. The van der Waals surface area contributed by atoms with Crippen molar-refractivity contribution in [2.24, 2.45) is 0 Å². The number of aromatic nitrogens is 3. The highest BCUT2D eigenvalue weighted by molar-refractivity contribution is 5.88. The minimum absolute atomic E-state index is 0.0450. The summed E-state index contributed by atoms with van der Waals surface area (Å²) in [6.45, 7) is 1.68. The number of nitriles is 1. The Hall–Kier alpha value is -4.49. The monoisotopic (exact) mass is 513 g/mol. The number of nitrogens with zero attached hydrogens (tertiary/aromatic N) is 7. The summed E-state index contributed by atoms with van der Waals surface area (Å²) in [4.78, 5) is 26.3. The zero-order chi connectivity index (χ0) is 27.0. The van der Waals surface area contributed by atoms with Gasteiger partial charge in [-0.05, 0) is 51.2 Å². The van der Waals surface area contributed by atoms with Crippen molar-refractivity contribution in [1.29, 1.82) is 5.26 Å². The highest BCUT2D eigenvalue weighted by atomic mass is 19.1. The van der Waals surface area contributed by atoms with Gasteiger partial charge in [-0.3, -0.25) is 9.30 Å². The third-order valence-corrected chi connectivity index (χ3v) is 7.20. The molecule has 1 N–H and O–H groups in total. The Kier molecular flexibility index (Phi) is 6.70. The van der Waals surface area contributed by atoms with Crippen molar-refractivity contribution in [3.8, 4) is 28.6 Å². The molecule has 0 spiro atoms. The Morgan fingerprint density at radius 1 is 1.11 bits per heavy atom. The van der Waals surface area contributed by atoms with Crippen LogP contribution in [0, 0.1) is 17.1 Å². The van der Waals surface area contributed by atoms with Crippen LogP contribution in [-0.2, 0) is 0 Å². The Balaban J connectivity index is 1.69. The van der Waals surface area contributed by atoms with Crippen molar-refractivity contribution >= 4 is 23.1 Å². The van der Waals surface area contributed by atoms with E-state index in [1.54, 1.807) is 30.7 Å². The predicted octanol–water partition coefficient (Wildman–Crippen LogP) is 4.72. The number of rotatable bonds is 5. The number of carbonyl (C=O) groups is 1. The van der Waals surface area contributed by atoms with Crippen LogP contribution in [0.2, 0.25) is 0 Å². The molecule has 0 aliphatic carbocycles. The smallest absolute Gasteiger partial charge is 0.411 e. The Morgan fingerprint density at radius 3 is 2.39 bits per heavy atom. The molecule has 1 saturated heterocycles. The van der Waals surface area contributed by atoms with E-state index >= 15 is 4.39 Å². The first-order valence-electron chi connectivity index (χ1n) is 12.3. The van der Waals surface area contributed by atoms with Crippen molar-refractivity contribution in [2.45, 2.75) is 18.9 Å². The van der Waals surface area contributed by atoms with Crippen LogP contribution in [-0.4, -0.2) is 70.7 Å². The number of halogens is 1. The number of piperidine rings is 1. The minimum atomic E-state index is -1.25. The van der Waals surface area contributed by atoms with Crippen LogP contribution < -0.4 is 9.80 Å². The first kappa shape index (κ1) is 25.2. The Morgan fingerprint density at radius 2 is 1.79 bits per heavy atom. The number of benzene rings is 2. The quantitative estimate of drug-likeness (QED) is 0.412. The van der Waals surface area contributed by atoms with E-state index in [1.807, 2.05) is 16.5 Å². The molecule has 1 amide bonds. The van der Waals surface area contributed by atoms with Crippen LogP contribution in [0.15, 0.2) is 55.0 Å². The van der Waals surface area contributed by atoms with Gasteiger partial charge < -0.3 is 14.9 Å². The molecule has 4 aromatic rings. The summed E-state index contributed by atoms with van der Waals surface area (Å²) in [6.07, 6.45) is 4.20. The summed E-state index contributed by atoms with van der Waals surface area (Å²) in [6, 6.07) is 14.2. The lowest BCUT2D eigenvalue weighted by Crippen LogP contribution is -2.42. The molecule has 1 aliphatic heterocycles. The molecule has 2 aromatic carbocycles. The van der Waals surface area contributed by atoms with Crippen molar-refractivity contribution < 1.29 is 14.3 Å². The molecular formula is C28H28FN7O2. The molecule has 0 radical (unpaired) electrons. The standard InChI is InChI=1S/C28H28FN7O2/c1-33(2)21-10-12-35(13-11-21)27-24-16-31-17-36(24)26(25(32-27)19-6-4-18(15-30)5-7-19)20-8-9-23(22(29)14-20)34(3)28(37)38/h4-9,14,16-17,21H,10-13H2,1-3H3,(H,37,38). The van der Waals surface area contributed by atoms with Crippen LogP contribution in [0.4, 0.5) is 20.7 Å². The predicted molar refractivity (Wildman–Crippen MR) is 144 cm³/mol. The highest BCUT2D eigenvalue weighted by Crippen LogP contribution is 2.37. The van der Waals surface area contributed by atoms with E-state index in [2.05, 4.69) is 34.9 Å². The van der Waals surface area contributed by atoms with Gasteiger partial charge in [-0.15, -0.1) is 0 Å². The van der Waals surface area contributed by atoms with Gasteiger partial charge in [0.05, 0.1) is 41.2 Å². The lowest BCUT2D eigenvalue weighted by molar-refractivity contribution is 0.203. The summed E-state index contributed by atoms with van der Waals surface area (Å²) in [5.74, 6) is 0.131. The molecule has 9 nitrogen and oxygen atoms in total. The first-order valence-corrected chi connectivity index (χ1v) is 12.3. The summed E-state index contributed by atoms with van der Waals surface area (Å²) < 4.78 is 17.1. The second kappa shape index (κ2) is 10.1. The van der Waals surface area contributed by atoms with Crippen molar-refractivity contribution in [1.82, 2.24) is 19.3 Å². The number of anilines is 2. The van der Waals surface area contributed by atoms with Crippen molar-refractivity contribution in [3.63, 3.8) is 0 Å². The summed E-state index contributed by atoms with van der Waals surface area (Å²) in [5, 5.41) is 18.6. The van der Waals surface area contributed by atoms with Gasteiger partial charge >= 0.3 is 6.09 Å². The van der Waals surface area contributed by atoms with Crippen LogP contribution >= 0.6 is 0 Å². The molecular weight excluding hydrogens is 485 g/mol. The van der Waals surface area contributed by atoms with E-state index < -0.39 is 11.9 Å². The van der Waals surface area contributed by atoms with E-state index in [1.165, 1.54) is 19.2 Å². The maximum atomic E-state index is 15.2. The number of imidazole rings is 1. The number of amides is 1. The maximum absolute atomic E-state index is 15.2. The lowest BCUT2D eigenvalue weighted by atomic mass is 10.0. The fraction of sp³-hybridized carbons (Fsp3) is 0.286. The Labute approximate surface area is 220 Å². The number of hydrogen-bond acceptors (Lipinski definition) is 6. The molecule has 38 heavy (non-hydrogen) atoms. The number of fused-ring (bicyclic) bond motifs is 1. The number of carboxylic acid groups (broad SMARTS) is 1. The van der Waals surface area contributed by atoms with E-state index in [4.69, 9.17) is 4.98 Å². The molecule has 0 bridgehead atoms. The van der Waals surface area contributed by atoms with Crippen molar-refractivity contribution in [2.75, 3.05) is 44.0 Å². The van der Waals surface area contributed by atoms with Crippen LogP contribution in [0.1, 0.15) is 18.4 Å². The van der Waals surface area contributed by atoms with Gasteiger partial charge in [0.25, 0.3) is 0 Å². The fourth-order valence-electron chi connectivity index (χ4n) is 5.00. The summed E-state index contributed by atoms with van der Waals surface area (Å²) in [5.41, 5.74) is 3.81. The largest absolute Gasteiger partial charge is 0.465 e. The van der Waals surface area contributed by atoms with Gasteiger partial charge in [0.15, 0.2) is 5.82 Å². The topological polar surface area (TPSA) is 101 Å². The highest BCUT2D eigenvalue weighted by Gasteiger charge is 2.26. The summed E-state index contributed by atoms with van der Waals surface area (Å²) >= 11 is 0. The average Bonchev–Trinajstić information content (AvgIpc) is 3.41. The van der Waals surface area contributed by atoms with Gasteiger partial charge in [0, 0.05) is 37.3 Å². The second-order valence-corrected chi connectivity index (χ2v) is 9.66. The zero-order valence-corrected chi connectivity index (χ0v) is 21.5. The van der Waals surface area contributed by atoms with Crippen LogP contribution in [0.25, 0.3) is 28.0 Å². The van der Waals surface area contributed by atoms with Gasteiger partial charge in [-0.2, -0.15) is 5.26 Å². The van der Waals surface area contributed by atoms with Crippen LogP contribution in [0.3, 0.4) is 0 Å². The molecule has 1 fully saturated rings. The molecule has 1 aliphatic rings. The van der Waals surface area contributed by atoms with Gasteiger partial charge in [-0.25, -0.2) is 19.2 Å². The lowest BCUT2D eigenvalue weighted by Gasteiger charge is -2.36. The molecule has 0 unspecified atom stereocenters. The molecule has 2 aromatic heterocycles. The molecule has 0 saturated carbocycles. The maximum Gasteiger partial charge on any atom is 0.411 e. The minimum Gasteiger partial charge on any atom is -0.465 e. The zero-order valence-electron chi connectivity index (χ0n) is 21.5. The van der Waals surface area contributed by atoms with Crippen molar-refractivity contribution in [3.05, 3.63) is 66.4 Å². The molecule has 194 valence electrons. The number of hydrogen-bond donors (Lipinski definition) is 1. The van der Waals surface area contributed by atoms with Crippen LogP contribution in [0.5, 0.6) is 0 Å². The van der Waals surface area contributed by atoms with E-state index in [0.717, 1.165) is 47.7 Å². The molecule has 3 heterocycles. The van der Waals surface area contributed by atoms with Gasteiger partial charge in [0.2, 0.25) is 0 Å². The third-order valence-electron chi connectivity index (χ3n) is 7.20. The SMILES string of the molecule is CN(C(=O)O)c1ccc(-c2c(-c3ccc(C#N)cc3)nc(N3CCC(N(C)C)CC3)c3cncn23)cc1F. The second-order valence-electron chi connectivity index (χ2n) is 9.66. The normalized spacial score (nSPS) is 14.2. The first-order chi connectivity index (χ1) is 18.3. The molecule has 5 rings (SSSR count).